The third kappa shape index (κ3) is 3.31. The fourth-order valence-corrected chi connectivity index (χ4v) is 3.20. The van der Waals surface area contributed by atoms with Crippen LogP contribution in [0.25, 0.3) is 22.0 Å². The predicted molar refractivity (Wildman–Crippen MR) is 111 cm³/mol. The lowest BCUT2D eigenvalue weighted by atomic mass is 10.0. The van der Waals surface area contributed by atoms with E-state index in [0.717, 1.165) is 28.0 Å². The summed E-state index contributed by atoms with van der Waals surface area (Å²) in [6.45, 7) is 8.41. The van der Waals surface area contributed by atoms with Crippen molar-refractivity contribution in [3.63, 3.8) is 0 Å². The van der Waals surface area contributed by atoms with Crippen LogP contribution >= 0.6 is 0 Å². The van der Waals surface area contributed by atoms with Crippen LogP contribution in [0.3, 0.4) is 0 Å². The van der Waals surface area contributed by atoms with Crippen molar-refractivity contribution >= 4 is 16.7 Å². The molecule has 0 amide bonds. The van der Waals surface area contributed by atoms with E-state index in [1.165, 1.54) is 16.7 Å². The number of pyridine rings is 1. The number of hydrogen-bond donors (Lipinski definition) is 1. The normalized spacial score (nSPS) is 15.9. The lowest BCUT2D eigenvalue weighted by Crippen LogP contribution is -2.01. The van der Waals surface area contributed by atoms with Gasteiger partial charge in [-0.25, -0.2) is 4.98 Å². The van der Waals surface area contributed by atoms with Gasteiger partial charge >= 0.3 is 0 Å². The third-order valence-electron chi connectivity index (χ3n) is 4.72. The van der Waals surface area contributed by atoms with Crippen molar-refractivity contribution in [2.24, 2.45) is 5.92 Å². The number of hydrogen-bond acceptors (Lipinski definition) is 2. The first-order valence-electron chi connectivity index (χ1n) is 8.93. The van der Waals surface area contributed by atoms with E-state index in [4.69, 9.17) is 4.98 Å². The highest BCUT2D eigenvalue weighted by Gasteiger charge is 2.09. The summed E-state index contributed by atoms with van der Waals surface area (Å²) >= 11 is 0. The van der Waals surface area contributed by atoms with Crippen LogP contribution in [0.4, 0.5) is 5.82 Å². The molecular weight excluding hydrogens is 316 g/mol. The molecule has 0 spiro atoms. The average Bonchev–Trinajstić information content (AvgIpc) is 3.08. The summed E-state index contributed by atoms with van der Waals surface area (Å²) in [5, 5.41) is 4.46. The van der Waals surface area contributed by atoms with Gasteiger partial charge in [0.05, 0.1) is 5.52 Å². The Hall–Kier alpha value is -3.13. The second-order valence-electron chi connectivity index (χ2n) is 6.91. The van der Waals surface area contributed by atoms with Gasteiger partial charge in [-0.15, -0.1) is 0 Å². The maximum atomic E-state index is 4.73. The van der Waals surface area contributed by atoms with Crippen LogP contribution in [0, 0.1) is 12.8 Å². The largest absolute Gasteiger partial charge is 0.340 e. The molecule has 0 fully saturated rings. The molecule has 4 rings (SSSR count). The van der Waals surface area contributed by atoms with Crippen LogP contribution in [0.2, 0.25) is 0 Å². The summed E-state index contributed by atoms with van der Waals surface area (Å²) in [5.41, 5.74) is 6.70. The van der Waals surface area contributed by atoms with E-state index < -0.39 is 0 Å². The maximum absolute atomic E-state index is 4.73. The van der Waals surface area contributed by atoms with Gasteiger partial charge in [0.1, 0.15) is 5.82 Å². The zero-order valence-electron chi connectivity index (χ0n) is 15.2. The Morgan fingerprint density at radius 3 is 2.50 bits per heavy atom. The molecule has 1 N–H and O–H groups in total. The van der Waals surface area contributed by atoms with E-state index in [0.29, 0.717) is 5.92 Å². The summed E-state index contributed by atoms with van der Waals surface area (Å²) in [5.74, 6) is 1.28. The van der Waals surface area contributed by atoms with E-state index in [1.807, 2.05) is 6.07 Å². The molecule has 0 radical (unpaired) electrons. The number of anilines is 1. The molecule has 2 heteroatoms. The molecular formula is C24H22N2. The molecule has 2 aromatic carbocycles. The summed E-state index contributed by atoms with van der Waals surface area (Å²) in [6.07, 6.45) is 6.47. The highest BCUT2D eigenvalue weighted by Crippen LogP contribution is 2.26. The van der Waals surface area contributed by atoms with Gasteiger partial charge < -0.3 is 5.32 Å². The minimum absolute atomic E-state index is 0.466. The molecule has 0 aliphatic heterocycles. The third-order valence-corrected chi connectivity index (χ3v) is 4.72. The zero-order chi connectivity index (χ0) is 18.1. The first-order chi connectivity index (χ1) is 12.6. The smallest absolute Gasteiger partial charge is 0.131 e. The van der Waals surface area contributed by atoms with Crippen molar-refractivity contribution in [3.05, 3.63) is 96.2 Å². The quantitative estimate of drug-likeness (QED) is 0.606. The van der Waals surface area contributed by atoms with Gasteiger partial charge in [0, 0.05) is 11.1 Å². The standard InChI is InChI=1S/C24H22N2/c1-16-4-7-19(8-5-16)21-10-12-23-22(15-21)11-13-24(26-23)25-18(3)20-9-6-17(2)14-20/h4-15,17H,3H2,1-2H3,(H,25,26). The highest BCUT2D eigenvalue weighted by molar-refractivity contribution is 5.85. The minimum Gasteiger partial charge on any atom is -0.340 e. The van der Waals surface area contributed by atoms with Crippen LogP contribution in [-0.4, -0.2) is 4.98 Å². The van der Waals surface area contributed by atoms with Crippen molar-refractivity contribution < 1.29 is 0 Å². The Morgan fingerprint density at radius 2 is 1.77 bits per heavy atom. The van der Waals surface area contributed by atoms with Crippen LogP contribution in [-0.2, 0) is 0 Å². The van der Waals surface area contributed by atoms with Crippen molar-refractivity contribution in [2.45, 2.75) is 13.8 Å². The van der Waals surface area contributed by atoms with Crippen LogP contribution in [0.1, 0.15) is 12.5 Å². The second kappa shape index (κ2) is 6.64. The van der Waals surface area contributed by atoms with E-state index >= 15 is 0 Å². The van der Waals surface area contributed by atoms with Gasteiger partial charge in [-0.3, -0.25) is 0 Å². The van der Waals surface area contributed by atoms with Crippen molar-refractivity contribution in [2.75, 3.05) is 5.32 Å². The van der Waals surface area contributed by atoms with E-state index in [-0.39, 0.29) is 0 Å². The number of aromatic nitrogens is 1. The molecule has 0 bridgehead atoms. The van der Waals surface area contributed by atoms with Gasteiger partial charge in [-0.05, 0) is 53.8 Å². The first-order valence-corrected chi connectivity index (χ1v) is 8.93. The van der Waals surface area contributed by atoms with Gasteiger partial charge in [0.15, 0.2) is 0 Å². The molecule has 1 heterocycles. The fourth-order valence-electron chi connectivity index (χ4n) is 3.20. The topological polar surface area (TPSA) is 24.9 Å². The maximum Gasteiger partial charge on any atom is 0.131 e. The summed E-state index contributed by atoms with van der Waals surface area (Å²) in [7, 11) is 0. The summed E-state index contributed by atoms with van der Waals surface area (Å²) in [6, 6.07) is 19.1. The SMILES string of the molecule is C=C(Nc1ccc2cc(-c3ccc(C)cc3)ccc2n1)C1=CC(C)C=C1. The molecule has 1 aromatic heterocycles. The predicted octanol–water partition coefficient (Wildman–Crippen LogP) is 6.27. The summed E-state index contributed by atoms with van der Waals surface area (Å²) in [4.78, 5) is 4.73. The van der Waals surface area contributed by atoms with Crippen LogP contribution < -0.4 is 5.32 Å². The molecule has 3 aromatic rings. The van der Waals surface area contributed by atoms with Crippen molar-refractivity contribution in [1.82, 2.24) is 4.98 Å². The van der Waals surface area contributed by atoms with E-state index in [2.05, 4.69) is 92.5 Å². The molecule has 128 valence electrons. The number of benzene rings is 2. The molecule has 2 nitrogen and oxygen atoms in total. The number of nitrogens with one attached hydrogen (secondary N) is 1. The second-order valence-corrected chi connectivity index (χ2v) is 6.91. The number of rotatable bonds is 4. The number of aryl methyl sites for hydroxylation is 1. The van der Waals surface area contributed by atoms with Crippen molar-refractivity contribution in [3.8, 4) is 11.1 Å². The lowest BCUT2D eigenvalue weighted by Gasteiger charge is -2.10. The van der Waals surface area contributed by atoms with Crippen LogP contribution in [0.5, 0.6) is 0 Å². The van der Waals surface area contributed by atoms with Crippen molar-refractivity contribution in [1.29, 1.82) is 0 Å². The fraction of sp³-hybridized carbons (Fsp3) is 0.125. The Morgan fingerprint density at radius 1 is 1.00 bits per heavy atom. The molecule has 0 saturated carbocycles. The van der Waals surface area contributed by atoms with Crippen LogP contribution in [0.15, 0.2) is 90.7 Å². The lowest BCUT2D eigenvalue weighted by molar-refractivity contribution is 0.955. The van der Waals surface area contributed by atoms with E-state index in [9.17, 15) is 0 Å². The van der Waals surface area contributed by atoms with Gasteiger partial charge in [0.2, 0.25) is 0 Å². The molecule has 1 atom stereocenters. The van der Waals surface area contributed by atoms with Gasteiger partial charge in [-0.2, -0.15) is 0 Å². The Kier molecular flexibility index (Phi) is 4.18. The molecule has 1 unspecified atom stereocenters. The van der Waals surface area contributed by atoms with E-state index in [1.54, 1.807) is 0 Å². The zero-order valence-corrected chi connectivity index (χ0v) is 15.2. The first kappa shape index (κ1) is 16.3. The number of allylic oxidation sites excluding steroid dienone is 3. The van der Waals surface area contributed by atoms with Gasteiger partial charge in [-0.1, -0.05) is 67.6 Å². The number of nitrogens with zero attached hydrogens (tertiary/aromatic N) is 1. The minimum atomic E-state index is 0.466. The Balaban J connectivity index is 1.59. The average molecular weight is 338 g/mol. The molecule has 1 aliphatic rings. The molecule has 26 heavy (non-hydrogen) atoms. The van der Waals surface area contributed by atoms with Gasteiger partial charge in [0.25, 0.3) is 0 Å². The highest BCUT2D eigenvalue weighted by atomic mass is 15.0. The molecule has 0 saturated heterocycles. The summed E-state index contributed by atoms with van der Waals surface area (Å²) < 4.78 is 0. The Bertz CT molecular complexity index is 1040. The monoisotopic (exact) mass is 338 g/mol. The Labute approximate surface area is 154 Å². The molecule has 1 aliphatic carbocycles. The number of fused-ring (bicyclic) bond motifs is 1.